The summed E-state index contributed by atoms with van der Waals surface area (Å²) in [7, 11) is 0. The minimum Gasteiger partial charge on any atom is -0.321 e. The Morgan fingerprint density at radius 2 is 1.85 bits per heavy atom. The number of hydrogen-bond acceptors (Lipinski definition) is 1. The summed E-state index contributed by atoms with van der Waals surface area (Å²) in [6.45, 7) is 0. The quantitative estimate of drug-likeness (QED) is 0.787. The van der Waals surface area contributed by atoms with E-state index in [1.54, 1.807) is 18.2 Å². The first kappa shape index (κ1) is 12.8. The molecule has 0 atom stereocenters. The molecule has 0 radical (unpaired) electrons. The van der Waals surface area contributed by atoms with E-state index in [1.807, 2.05) is 0 Å². The molecule has 1 aliphatic heterocycles. The van der Waals surface area contributed by atoms with Crippen LogP contribution in [0.15, 0.2) is 36.4 Å². The van der Waals surface area contributed by atoms with Crippen LogP contribution in [0, 0.1) is 11.6 Å². The van der Waals surface area contributed by atoms with Crippen LogP contribution < -0.4 is 5.32 Å². The Hall–Kier alpha value is -2.20. The molecular weight excluding hydrogens is 284 g/mol. The topological polar surface area (TPSA) is 29.1 Å². The molecule has 0 fully saturated rings. The number of rotatable bonds is 1. The Bertz CT molecular complexity index is 756. The molecule has 0 spiro atoms. The second kappa shape index (κ2) is 4.72. The predicted octanol–water partition coefficient (Wildman–Crippen LogP) is 4.11. The van der Waals surface area contributed by atoms with Gasteiger partial charge in [0.15, 0.2) is 11.6 Å². The van der Waals surface area contributed by atoms with Crippen LogP contribution >= 0.6 is 11.6 Å². The van der Waals surface area contributed by atoms with Crippen LogP contribution in [0.4, 0.5) is 14.5 Å². The summed E-state index contributed by atoms with van der Waals surface area (Å²) in [5, 5.41) is 3.18. The zero-order valence-electron chi connectivity index (χ0n) is 10.1. The van der Waals surface area contributed by atoms with Gasteiger partial charge in [0.05, 0.1) is 0 Å². The lowest BCUT2D eigenvalue weighted by atomic mass is 10.0. The molecule has 5 heteroatoms. The van der Waals surface area contributed by atoms with Crippen molar-refractivity contribution in [2.24, 2.45) is 0 Å². The number of nitrogens with one attached hydrogen (secondary N) is 1. The summed E-state index contributed by atoms with van der Waals surface area (Å²) in [5.41, 5.74) is 2.07. The smallest absolute Gasteiger partial charge is 0.256 e. The predicted molar refractivity (Wildman–Crippen MR) is 74.3 cm³/mol. The van der Waals surface area contributed by atoms with Gasteiger partial charge in [0.1, 0.15) is 0 Å². The average molecular weight is 292 g/mol. The fourth-order valence-electron chi connectivity index (χ4n) is 2.07. The van der Waals surface area contributed by atoms with Crippen molar-refractivity contribution in [2.45, 2.75) is 0 Å². The zero-order valence-corrected chi connectivity index (χ0v) is 10.8. The molecular formula is C15H8ClF2NO. The molecule has 1 N–H and O–H groups in total. The number of anilines is 1. The van der Waals surface area contributed by atoms with Crippen molar-refractivity contribution in [3.05, 3.63) is 64.2 Å². The third-order valence-corrected chi connectivity index (χ3v) is 3.25. The van der Waals surface area contributed by atoms with Gasteiger partial charge in [-0.2, -0.15) is 0 Å². The maximum atomic E-state index is 13.2. The van der Waals surface area contributed by atoms with E-state index >= 15 is 0 Å². The van der Waals surface area contributed by atoms with Gasteiger partial charge < -0.3 is 5.32 Å². The third kappa shape index (κ3) is 2.18. The largest absolute Gasteiger partial charge is 0.321 e. The fraction of sp³-hybridized carbons (Fsp3) is 0. The molecule has 1 amide bonds. The van der Waals surface area contributed by atoms with Crippen LogP contribution in [0.3, 0.4) is 0 Å². The SMILES string of the molecule is O=C1Nc2ccc(Cl)cc2/C1=C\c1ccc(F)c(F)c1. The minimum absolute atomic E-state index is 0.299. The molecule has 0 aromatic heterocycles. The van der Waals surface area contributed by atoms with Crippen molar-refractivity contribution >= 4 is 34.8 Å². The van der Waals surface area contributed by atoms with E-state index in [4.69, 9.17) is 11.6 Å². The van der Waals surface area contributed by atoms with Gasteiger partial charge in [-0.15, -0.1) is 0 Å². The van der Waals surface area contributed by atoms with Gasteiger partial charge >= 0.3 is 0 Å². The number of amides is 1. The van der Waals surface area contributed by atoms with Gasteiger partial charge in [-0.05, 0) is 42.0 Å². The number of benzene rings is 2. The van der Waals surface area contributed by atoms with Crippen LogP contribution in [0.25, 0.3) is 11.6 Å². The van der Waals surface area contributed by atoms with Crippen LogP contribution in [0.5, 0.6) is 0 Å². The maximum Gasteiger partial charge on any atom is 0.256 e. The summed E-state index contributed by atoms with van der Waals surface area (Å²) >= 11 is 5.91. The van der Waals surface area contributed by atoms with E-state index in [0.29, 0.717) is 27.4 Å². The van der Waals surface area contributed by atoms with E-state index in [2.05, 4.69) is 5.32 Å². The van der Waals surface area contributed by atoms with Crippen LogP contribution in [0.1, 0.15) is 11.1 Å². The lowest BCUT2D eigenvalue weighted by molar-refractivity contribution is -0.110. The minimum atomic E-state index is -0.955. The second-order valence-electron chi connectivity index (χ2n) is 4.38. The van der Waals surface area contributed by atoms with Crippen LogP contribution in [0.2, 0.25) is 5.02 Å². The van der Waals surface area contributed by atoms with Crippen LogP contribution in [-0.4, -0.2) is 5.91 Å². The molecule has 2 nitrogen and oxygen atoms in total. The number of hydrogen-bond donors (Lipinski definition) is 1. The Labute approximate surface area is 118 Å². The first-order chi connectivity index (χ1) is 9.54. The van der Waals surface area contributed by atoms with E-state index in [9.17, 15) is 13.6 Å². The first-order valence-corrected chi connectivity index (χ1v) is 6.20. The van der Waals surface area contributed by atoms with Crippen molar-refractivity contribution in [3.8, 4) is 0 Å². The van der Waals surface area contributed by atoms with Crippen molar-refractivity contribution in [1.29, 1.82) is 0 Å². The summed E-state index contributed by atoms with van der Waals surface area (Å²) < 4.78 is 26.1. The number of carbonyl (C=O) groups excluding carboxylic acids is 1. The van der Waals surface area contributed by atoms with Crippen molar-refractivity contribution in [1.82, 2.24) is 0 Å². The lowest BCUT2D eigenvalue weighted by Crippen LogP contribution is -2.03. The molecule has 100 valence electrons. The standard InChI is InChI=1S/C15H8ClF2NO/c16-9-2-4-14-10(7-9)11(15(20)19-14)5-8-1-3-12(17)13(18)6-8/h1-7H,(H,19,20)/b11-5+. The summed E-state index contributed by atoms with van der Waals surface area (Å²) in [4.78, 5) is 11.9. The van der Waals surface area contributed by atoms with E-state index in [-0.39, 0.29) is 5.91 Å². The number of halogens is 3. The molecule has 3 rings (SSSR count). The molecule has 0 unspecified atom stereocenters. The molecule has 1 heterocycles. The summed E-state index contributed by atoms with van der Waals surface area (Å²) in [6, 6.07) is 8.48. The van der Waals surface area contributed by atoms with Crippen molar-refractivity contribution in [3.63, 3.8) is 0 Å². The molecule has 20 heavy (non-hydrogen) atoms. The Morgan fingerprint density at radius 1 is 1.05 bits per heavy atom. The first-order valence-electron chi connectivity index (χ1n) is 5.82. The van der Waals surface area contributed by atoms with E-state index in [0.717, 1.165) is 12.1 Å². The Morgan fingerprint density at radius 3 is 2.60 bits per heavy atom. The van der Waals surface area contributed by atoms with Crippen molar-refractivity contribution < 1.29 is 13.6 Å². The van der Waals surface area contributed by atoms with Gasteiger partial charge in [-0.3, -0.25) is 4.79 Å². The molecule has 0 bridgehead atoms. The Balaban J connectivity index is 2.10. The highest BCUT2D eigenvalue weighted by atomic mass is 35.5. The molecule has 2 aromatic carbocycles. The van der Waals surface area contributed by atoms with E-state index in [1.165, 1.54) is 12.1 Å². The average Bonchev–Trinajstić information content (AvgIpc) is 2.70. The van der Waals surface area contributed by atoms with Gasteiger partial charge in [-0.25, -0.2) is 8.78 Å². The Kier molecular flexibility index (Phi) is 3.03. The van der Waals surface area contributed by atoms with Gasteiger partial charge in [0, 0.05) is 21.8 Å². The third-order valence-electron chi connectivity index (χ3n) is 3.02. The molecule has 0 saturated carbocycles. The number of carbonyl (C=O) groups is 1. The summed E-state index contributed by atoms with van der Waals surface area (Å²) in [5.74, 6) is -2.18. The second-order valence-corrected chi connectivity index (χ2v) is 4.81. The normalized spacial score (nSPS) is 15.3. The zero-order chi connectivity index (χ0) is 14.3. The maximum absolute atomic E-state index is 13.2. The molecule has 0 saturated heterocycles. The van der Waals surface area contributed by atoms with E-state index < -0.39 is 11.6 Å². The van der Waals surface area contributed by atoms with Gasteiger partial charge in [-0.1, -0.05) is 17.7 Å². The van der Waals surface area contributed by atoms with Crippen molar-refractivity contribution in [2.75, 3.05) is 5.32 Å². The van der Waals surface area contributed by atoms with Crippen LogP contribution in [-0.2, 0) is 4.79 Å². The summed E-state index contributed by atoms with van der Waals surface area (Å²) in [6.07, 6.45) is 1.50. The van der Waals surface area contributed by atoms with Gasteiger partial charge in [0.2, 0.25) is 0 Å². The molecule has 1 aliphatic rings. The van der Waals surface area contributed by atoms with Gasteiger partial charge in [0.25, 0.3) is 5.91 Å². The highest BCUT2D eigenvalue weighted by Crippen LogP contribution is 2.34. The highest BCUT2D eigenvalue weighted by molar-refractivity contribution is 6.36. The molecule has 2 aromatic rings. The highest BCUT2D eigenvalue weighted by Gasteiger charge is 2.24. The monoisotopic (exact) mass is 291 g/mol. The fourth-order valence-corrected chi connectivity index (χ4v) is 2.24. The number of fused-ring (bicyclic) bond motifs is 1. The molecule has 0 aliphatic carbocycles. The lowest BCUT2D eigenvalue weighted by Gasteiger charge is -2.00.